The van der Waals surface area contributed by atoms with Crippen LogP contribution in [0.2, 0.25) is 0 Å². The van der Waals surface area contributed by atoms with Crippen molar-refractivity contribution in [2.45, 2.75) is 32.2 Å². The minimum atomic E-state index is 0.881. The Morgan fingerprint density at radius 3 is 3.12 bits per heavy atom. The Bertz CT molecular complexity index is 371. The average Bonchev–Trinajstić information content (AvgIpc) is 3.13. The van der Waals surface area contributed by atoms with Gasteiger partial charge in [-0.2, -0.15) is 0 Å². The van der Waals surface area contributed by atoms with Crippen molar-refractivity contribution in [1.82, 2.24) is 5.32 Å². The maximum atomic E-state index is 5.61. The van der Waals surface area contributed by atoms with Gasteiger partial charge in [0.25, 0.3) is 0 Å². The van der Waals surface area contributed by atoms with Crippen molar-refractivity contribution < 1.29 is 4.74 Å². The van der Waals surface area contributed by atoms with E-state index in [1.54, 1.807) is 0 Å². The molecule has 0 spiro atoms. The zero-order valence-electron chi connectivity index (χ0n) is 9.67. The first kappa shape index (κ1) is 10.2. The molecule has 1 aromatic rings. The predicted molar refractivity (Wildman–Crippen MR) is 64.7 cm³/mol. The van der Waals surface area contributed by atoms with E-state index in [-0.39, 0.29) is 0 Å². The third-order valence-corrected chi connectivity index (χ3v) is 3.43. The second-order valence-electron chi connectivity index (χ2n) is 4.97. The summed E-state index contributed by atoms with van der Waals surface area (Å²) in [6.45, 7) is 3.07. The maximum Gasteiger partial charge on any atom is 0.122 e. The zero-order chi connectivity index (χ0) is 10.8. The maximum absolute atomic E-state index is 5.61. The van der Waals surface area contributed by atoms with Gasteiger partial charge < -0.3 is 10.1 Å². The Labute approximate surface area is 97.0 Å². The van der Waals surface area contributed by atoms with E-state index in [1.807, 2.05) is 0 Å². The number of fused-ring (bicyclic) bond motifs is 1. The summed E-state index contributed by atoms with van der Waals surface area (Å²) in [5, 5.41) is 3.53. The second-order valence-corrected chi connectivity index (χ2v) is 4.97. The minimum absolute atomic E-state index is 0.881. The standard InChI is InChI=1S/C14H19NO/c1-2-13-8-12(5-6-14(13)16-7-1)10-15-9-11-3-4-11/h5-6,8,11,15H,1-4,7,9-10H2. The molecule has 0 radical (unpaired) electrons. The summed E-state index contributed by atoms with van der Waals surface area (Å²) in [5.41, 5.74) is 2.78. The fourth-order valence-electron chi connectivity index (χ4n) is 2.27. The molecule has 16 heavy (non-hydrogen) atoms. The molecule has 0 bridgehead atoms. The highest BCUT2D eigenvalue weighted by molar-refractivity contribution is 5.38. The molecule has 1 aliphatic carbocycles. The Morgan fingerprint density at radius 2 is 2.25 bits per heavy atom. The molecule has 1 saturated carbocycles. The van der Waals surface area contributed by atoms with Crippen molar-refractivity contribution in [3.63, 3.8) is 0 Å². The highest BCUT2D eigenvalue weighted by atomic mass is 16.5. The molecule has 3 rings (SSSR count). The number of nitrogens with one attached hydrogen (secondary N) is 1. The summed E-state index contributed by atoms with van der Waals surface area (Å²) < 4.78 is 5.61. The molecule has 0 saturated heterocycles. The van der Waals surface area contributed by atoms with Crippen LogP contribution in [0.15, 0.2) is 18.2 Å². The van der Waals surface area contributed by atoms with E-state index in [2.05, 4.69) is 23.5 Å². The van der Waals surface area contributed by atoms with Crippen molar-refractivity contribution in [3.8, 4) is 5.75 Å². The van der Waals surface area contributed by atoms with Crippen LogP contribution >= 0.6 is 0 Å². The lowest BCUT2D eigenvalue weighted by molar-refractivity contribution is 0.288. The van der Waals surface area contributed by atoms with Crippen molar-refractivity contribution in [1.29, 1.82) is 0 Å². The van der Waals surface area contributed by atoms with Crippen LogP contribution in [0.3, 0.4) is 0 Å². The summed E-state index contributed by atoms with van der Waals surface area (Å²) in [6.07, 6.45) is 5.17. The summed E-state index contributed by atoms with van der Waals surface area (Å²) >= 11 is 0. The number of hydrogen-bond donors (Lipinski definition) is 1. The molecule has 0 atom stereocenters. The highest BCUT2D eigenvalue weighted by Gasteiger charge is 2.20. The average molecular weight is 217 g/mol. The molecular weight excluding hydrogens is 198 g/mol. The predicted octanol–water partition coefficient (Wildman–Crippen LogP) is 2.51. The van der Waals surface area contributed by atoms with Gasteiger partial charge in [-0.25, -0.2) is 0 Å². The quantitative estimate of drug-likeness (QED) is 0.836. The Hall–Kier alpha value is -1.02. The summed E-state index contributed by atoms with van der Waals surface area (Å²) in [7, 11) is 0. The smallest absolute Gasteiger partial charge is 0.122 e. The molecule has 1 heterocycles. The molecule has 1 aromatic carbocycles. The molecule has 2 nitrogen and oxygen atoms in total. The van der Waals surface area contributed by atoms with Crippen LogP contribution in [-0.4, -0.2) is 13.2 Å². The van der Waals surface area contributed by atoms with Gasteiger partial charge in [-0.1, -0.05) is 12.1 Å². The lowest BCUT2D eigenvalue weighted by Gasteiger charge is -2.18. The lowest BCUT2D eigenvalue weighted by atomic mass is 10.0. The number of hydrogen-bond acceptors (Lipinski definition) is 2. The molecular formula is C14H19NO. The van der Waals surface area contributed by atoms with Crippen LogP contribution in [-0.2, 0) is 13.0 Å². The van der Waals surface area contributed by atoms with Crippen molar-refractivity contribution in [2.75, 3.05) is 13.2 Å². The van der Waals surface area contributed by atoms with E-state index >= 15 is 0 Å². The van der Waals surface area contributed by atoms with Gasteiger partial charge in [-0.15, -0.1) is 0 Å². The first-order valence-electron chi connectivity index (χ1n) is 6.37. The first-order chi connectivity index (χ1) is 7.92. The number of aryl methyl sites for hydroxylation is 1. The van der Waals surface area contributed by atoms with Gasteiger partial charge in [0.05, 0.1) is 6.61 Å². The van der Waals surface area contributed by atoms with Gasteiger partial charge in [0.2, 0.25) is 0 Å². The van der Waals surface area contributed by atoms with E-state index in [0.717, 1.165) is 31.2 Å². The number of rotatable bonds is 4. The monoisotopic (exact) mass is 217 g/mol. The molecule has 1 fully saturated rings. The van der Waals surface area contributed by atoms with Gasteiger partial charge in [0.15, 0.2) is 0 Å². The van der Waals surface area contributed by atoms with E-state index < -0.39 is 0 Å². The largest absolute Gasteiger partial charge is 0.493 e. The Balaban J connectivity index is 1.60. The fraction of sp³-hybridized carbons (Fsp3) is 0.571. The highest BCUT2D eigenvalue weighted by Crippen LogP contribution is 2.28. The Kier molecular flexibility index (Phi) is 2.83. The van der Waals surface area contributed by atoms with E-state index in [9.17, 15) is 0 Å². The normalized spacial score (nSPS) is 19.0. The van der Waals surface area contributed by atoms with Crippen LogP contribution < -0.4 is 10.1 Å². The summed E-state index contributed by atoms with van der Waals surface area (Å²) in [5.74, 6) is 2.05. The van der Waals surface area contributed by atoms with Crippen molar-refractivity contribution in [2.24, 2.45) is 5.92 Å². The van der Waals surface area contributed by atoms with Gasteiger partial charge >= 0.3 is 0 Å². The van der Waals surface area contributed by atoms with Crippen LogP contribution in [0.5, 0.6) is 5.75 Å². The van der Waals surface area contributed by atoms with E-state index in [4.69, 9.17) is 4.74 Å². The zero-order valence-corrected chi connectivity index (χ0v) is 9.67. The number of ether oxygens (including phenoxy) is 1. The third kappa shape index (κ3) is 2.38. The van der Waals surface area contributed by atoms with Crippen LogP contribution in [0.1, 0.15) is 30.4 Å². The van der Waals surface area contributed by atoms with Crippen LogP contribution in [0, 0.1) is 5.92 Å². The molecule has 0 aromatic heterocycles. The molecule has 2 heteroatoms. The van der Waals surface area contributed by atoms with Gasteiger partial charge in [-0.05, 0) is 55.3 Å². The molecule has 1 N–H and O–H groups in total. The SMILES string of the molecule is c1cc2c(cc1CNCC1CC1)CCCO2. The Morgan fingerprint density at radius 1 is 1.31 bits per heavy atom. The fourth-order valence-corrected chi connectivity index (χ4v) is 2.27. The lowest BCUT2D eigenvalue weighted by Crippen LogP contribution is -2.16. The summed E-state index contributed by atoms with van der Waals surface area (Å²) in [6, 6.07) is 6.61. The molecule has 2 aliphatic rings. The van der Waals surface area contributed by atoms with Gasteiger partial charge in [0, 0.05) is 6.54 Å². The first-order valence-corrected chi connectivity index (χ1v) is 6.37. The third-order valence-electron chi connectivity index (χ3n) is 3.43. The topological polar surface area (TPSA) is 21.3 Å². The van der Waals surface area contributed by atoms with Gasteiger partial charge in [0.1, 0.15) is 5.75 Å². The van der Waals surface area contributed by atoms with Crippen molar-refractivity contribution in [3.05, 3.63) is 29.3 Å². The molecule has 86 valence electrons. The molecule has 1 aliphatic heterocycles. The van der Waals surface area contributed by atoms with Crippen molar-refractivity contribution >= 4 is 0 Å². The van der Waals surface area contributed by atoms with E-state index in [0.29, 0.717) is 0 Å². The van der Waals surface area contributed by atoms with E-state index in [1.165, 1.54) is 36.9 Å². The molecule has 0 amide bonds. The summed E-state index contributed by atoms with van der Waals surface area (Å²) in [4.78, 5) is 0. The number of benzene rings is 1. The molecule has 0 unspecified atom stereocenters. The van der Waals surface area contributed by atoms with Crippen LogP contribution in [0.4, 0.5) is 0 Å². The van der Waals surface area contributed by atoms with Crippen LogP contribution in [0.25, 0.3) is 0 Å². The second kappa shape index (κ2) is 4.46. The minimum Gasteiger partial charge on any atom is -0.493 e. The van der Waals surface area contributed by atoms with Gasteiger partial charge in [-0.3, -0.25) is 0 Å².